The lowest BCUT2D eigenvalue weighted by atomic mass is 9.63. The van der Waals surface area contributed by atoms with Gasteiger partial charge >= 0.3 is 0 Å². The third-order valence-electron chi connectivity index (χ3n) is 12.8. The van der Waals surface area contributed by atoms with Crippen molar-refractivity contribution in [3.05, 3.63) is 81.7 Å². The summed E-state index contributed by atoms with van der Waals surface area (Å²) in [6.07, 6.45) is 10.7. The van der Waals surface area contributed by atoms with E-state index in [1.165, 1.54) is 11.1 Å². The van der Waals surface area contributed by atoms with Crippen LogP contribution in [0.4, 0.5) is 5.69 Å². The first-order chi connectivity index (χ1) is 25.0. The smallest absolute Gasteiger partial charge is 0.264 e. The summed E-state index contributed by atoms with van der Waals surface area (Å²) >= 11 is 6.49. The first kappa shape index (κ1) is 35.6. The Morgan fingerprint density at radius 3 is 2.75 bits per heavy atom. The average Bonchev–Trinajstić information content (AvgIpc) is 3.53. The molecule has 52 heavy (non-hydrogen) atoms. The Morgan fingerprint density at radius 2 is 1.94 bits per heavy atom. The molecule has 2 bridgehead atoms. The Balaban J connectivity index is 1.20. The zero-order valence-corrected chi connectivity index (χ0v) is 31.8. The summed E-state index contributed by atoms with van der Waals surface area (Å²) in [6.45, 7) is 7.77. The van der Waals surface area contributed by atoms with E-state index < -0.39 is 26.8 Å². The highest BCUT2D eigenvalue weighted by Gasteiger charge is 2.50. The van der Waals surface area contributed by atoms with Gasteiger partial charge in [-0.05, 0) is 105 Å². The van der Waals surface area contributed by atoms with Gasteiger partial charge in [-0.3, -0.25) is 9.69 Å². The lowest BCUT2D eigenvalue weighted by Crippen LogP contribution is -2.57. The van der Waals surface area contributed by atoms with E-state index in [1.54, 1.807) is 13.0 Å². The number of nitrogens with one attached hydrogen (secondary N) is 2. The Hall–Kier alpha value is -3.45. The summed E-state index contributed by atoms with van der Waals surface area (Å²) in [5, 5.41) is 11.5. The lowest BCUT2D eigenvalue weighted by Gasteiger charge is -2.52. The van der Waals surface area contributed by atoms with Crippen molar-refractivity contribution in [2.45, 2.75) is 81.6 Å². The minimum atomic E-state index is -3.97. The standard InChI is InChI=1S/C39H49ClN6O5S/c1-25-6-4-16-39(50-3,23-45-17-14-33-34(21-45)42-44-41-33)32-11-8-29(32)20-46-22-38(15-5-7-27-18-30(40)10-12-31(27)38)24-51-36-13-9-28(19-35(36)46)37(47)43-52(48,49)26(25)2/h4,9-10,12-13,16,18-19,25-26,29,32H,5-8,11,14-15,17,20-24H2,1-3H3,(H,43,47)(H,41,42,44)/b16-4-/t25-,26+,29-,32+,38-,39+/m0/s1. The predicted molar refractivity (Wildman–Crippen MR) is 200 cm³/mol. The van der Waals surface area contributed by atoms with Gasteiger partial charge in [0.15, 0.2) is 0 Å². The number of carbonyl (C=O) groups excluding carboxylic acids is 1. The summed E-state index contributed by atoms with van der Waals surface area (Å²) in [6, 6.07) is 11.6. The average molecular weight is 749 g/mol. The molecule has 0 saturated heterocycles. The molecule has 278 valence electrons. The van der Waals surface area contributed by atoms with Gasteiger partial charge in [0, 0.05) is 62.3 Å². The van der Waals surface area contributed by atoms with E-state index in [0.29, 0.717) is 49.9 Å². The molecular weight excluding hydrogens is 700 g/mol. The molecule has 1 aromatic heterocycles. The molecule has 2 aromatic carbocycles. The molecule has 11 nitrogen and oxygen atoms in total. The van der Waals surface area contributed by atoms with E-state index in [1.807, 2.05) is 32.2 Å². The summed E-state index contributed by atoms with van der Waals surface area (Å²) in [5.74, 6) is 0.345. The van der Waals surface area contributed by atoms with Gasteiger partial charge in [-0.25, -0.2) is 13.1 Å². The van der Waals surface area contributed by atoms with Crippen molar-refractivity contribution in [3.8, 4) is 5.75 Å². The molecule has 2 aliphatic carbocycles. The maximum atomic E-state index is 13.6. The molecular formula is C39H49ClN6O5S. The zero-order chi connectivity index (χ0) is 36.3. The summed E-state index contributed by atoms with van der Waals surface area (Å²) in [7, 11) is -2.15. The van der Waals surface area contributed by atoms with Crippen LogP contribution in [0.25, 0.3) is 0 Å². The molecule has 6 atom stereocenters. The van der Waals surface area contributed by atoms with Crippen molar-refractivity contribution in [3.63, 3.8) is 0 Å². The molecule has 1 saturated carbocycles. The number of aromatic nitrogens is 3. The number of carbonyl (C=O) groups is 1. The first-order valence-electron chi connectivity index (χ1n) is 18.7. The number of rotatable bonds is 3. The van der Waals surface area contributed by atoms with Crippen molar-refractivity contribution in [1.82, 2.24) is 25.0 Å². The number of ether oxygens (including phenoxy) is 2. The number of H-pyrrole nitrogens is 1. The minimum Gasteiger partial charge on any atom is -0.490 e. The highest BCUT2D eigenvalue weighted by molar-refractivity contribution is 7.90. The van der Waals surface area contributed by atoms with E-state index in [9.17, 15) is 13.2 Å². The number of amides is 1. The van der Waals surface area contributed by atoms with Crippen LogP contribution in [0.5, 0.6) is 5.75 Å². The normalized spacial score (nSPS) is 32.3. The van der Waals surface area contributed by atoms with Gasteiger partial charge in [-0.15, -0.1) is 0 Å². The van der Waals surface area contributed by atoms with Gasteiger partial charge in [-0.1, -0.05) is 36.7 Å². The highest BCUT2D eigenvalue weighted by Crippen LogP contribution is 2.49. The van der Waals surface area contributed by atoms with Crippen LogP contribution in [-0.4, -0.2) is 85.4 Å². The molecule has 1 spiro atoms. The number of halogens is 1. The van der Waals surface area contributed by atoms with E-state index in [-0.39, 0.29) is 17.3 Å². The number of hydrogen-bond acceptors (Lipinski definition) is 9. The maximum Gasteiger partial charge on any atom is 0.264 e. The number of aromatic amines is 1. The van der Waals surface area contributed by atoms with E-state index in [4.69, 9.17) is 21.1 Å². The molecule has 4 heterocycles. The van der Waals surface area contributed by atoms with E-state index in [0.717, 1.165) is 73.7 Å². The molecule has 8 rings (SSSR count). The first-order valence-corrected chi connectivity index (χ1v) is 20.6. The summed E-state index contributed by atoms with van der Waals surface area (Å²) in [5.41, 5.74) is 4.76. The number of nitrogens with zero attached hydrogens (tertiary/aromatic N) is 4. The van der Waals surface area contributed by atoms with Gasteiger partial charge in [0.2, 0.25) is 10.0 Å². The molecule has 3 aromatic rings. The fourth-order valence-electron chi connectivity index (χ4n) is 9.45. The quantitative estimate of drug-likeness (QED) is 0.337. The van der Waals surface area contributed by atoms with Crippen LogP contribution in [0.3, 0.4) is 0 Å². The van der Waals surface area contributed by atoms with Crippen LogP contribution < -0.4 is 14.4 Å². The number of hydrogen-bond donors (Lipinski definition) is 2. The molecule has 2 N–H and O–H groups in total. The molecule has 13 heteroatoms. The highest BCUT2D eigenvalue weighted by atomic mass is 35.5. The Morgan fingerprint density at radius 1 is 1.10 bits per heavy atom. The van der Waals surface area contributed by atoms with E-state index in [2.05, 4.69) is 54.2 Å². The van der Waals surface area contributed by atoms with Gasteiger partial charge in [0.25, 0.3) is 5.91 Å². The van der Waals surface area contributed by atoms with Crippen LogP contribution in [0.1, 0.15) is 78.8 Å². The number of methoxy groups -OCH3 is 1. The van der Waals surface area contributed by atoms with Crippen molar-refractivity contribution in [2.75, 3.05) is 44.8 Å². The fourth-order valence-corrected chi connectivity index (χ4v) is 10.9. The second-order valence-corrected chi connectivity index (χ2v) is 18.3. The Bertz CT molecular complexity index is 1990. The summed E-state index contributed by atoms with van der Waals surface area (Å²) in [4.78, 5) is 18.5. The van der Waals surface area contributed by atoms with Crippen molar-refractivity contribution >= 4 is 33.2 Å². The van der Waals surface area contributed by atoms with Crippen LogP contribution >= 0.6 is 11.6 Å². The van der Waals surface area contributed by atoms with E-state index >= 15 is 0 Å². The van der Waals surface area contributed by atoms with Gasteiger partial charge in [0.05, 0.1) is 28.9 Å². The van der Waals surface area contributed by atoms with Gasteiger partial charge < -0.3 is 14.4 Å². The number of benzene rings is 2. The molecule has 3 aliphatic heterocycles. The molecule has 1 amide bonds. The van der Waals surface area contributed by atoms with Crippen LogP contribution in [0.15, 0.2) is 48.6 Å². The van der Waals surface area contributed by atoms with Crippen molar-refractivity contribution < 1.29 is 22.7 Å². The topological polar surface area (TPSA) is 130 Å². The van der Waals surface area contributed by atoms with Gasteiger partial charge in [0.1, 0.15) is 11.4 Å². The maximum absolute atomic E-state index is 13.6. The molecule has 1 fully saturated rings. The van der Waals surface area contributed by atoms with Crippen molar-refractivity contribution in [1.29, 1.82) is 0 Å². The predicted octanol–water partition coefficient (Wildman–Crippen LogP) is 5.45. The fraction of sp³-hybridized carbons (Fsp3) is 0.564. The molecule has 0 unspecified atom stereocenters. The van der Waals surface area contributed by atoms with Crippen LogP contribution in [0.2, 0.25) is 5.02 Å². The second kappa shape index (κ2) is 13.8. The number of anilines is 1. The SMILES string of the molecule is CO[C@@]1(CN2CCc3n[nH]nc3C2)/C=C\C[C@H](C)[C@@H](C)S(=O)(=O)NC(=O)c2ccc3c(c2)N(C[C@@H]2CC[C@H]21)C[C@@]1(CCCc2cc(Cl)ccc21)CO3. The van der Waals surface area contributed by atoms with Gasteiger partial charge in [-0.2, -0.15) is 15.4 Å². The zero-order valence-electron chi connectivity index (χ0n) is 30.2. The van der Waals surface area contributed by atoms with Crippen molar-refractivity contribution in [2.24, 2.45) is 17.8 Å². The lowest BCUT2D eigenvalue weighted by molar-refractivity contribution is -0.0933. The monoisotopic (exact) mass is 748 g/mol. The number of sulfonamides is 1. The second-order valence-electron chi connectivity index (χ2n) is 15.9. The number of fused-ring (bicyclic) bond motifs is 5. The minimum absolute atomic E-state index is 0.212. The largest absolute Gasteiger partial charge is 0.490 e. The molecule has 5 aliphatic rings. The molecule has 0 radical (unpaired) electrons. The number of aryl methyl sites for hydroxylation is 1. The Labute approximate surface area is 311 Å². The van der Waals surface area contributed by atoms with Crippen LogP contribution in [-0.2, 0) is 39.6 Å². The van der Waals surface area contributed by atoms with Crippen LogP contribution in [0, 0.1) is 17.8 Å². The third-order valence-corrected chi connectivity index (χ3v) is 15.0. The third kappa shape index (κ3) is 6.43. The number of allylic oxidation sites excluding steroid dienone is 1. The Kier molecular flexibility index (Phi) is 9.41. The summed E-state index contributed by atoms with van der Waals surface area (Å²) < 4.78 is 42.9.